The Kier molecular flexibility index (Phi) is 5.54. The molecule has 0 aromatic carbocycles. The van der Waals surface area contributed by atoms with E-state index in [1.54, 1.807) is 28.9 Å². The number of aromatic nitrogens is 2. The Morgan fingerprint density at radius 1 is 1.43 bits per heavy atom. The predicted octanol–water partition coefficient (Wildman–Crippen LogP) is 1.89. The number of nitrogens with one attached hydrogen (secondary N) is 1. The molecule has 0 saturated carbocycles. The van der Waals surface area contributed by atoms with Gasteiger partial charge in [0.25, 0.3) is 5.91 Å². The van der Waals surface area contributed by atoms with E-state index in [9.17, 15) is 9.59 Å². The summed E-state index contributed by atoms with van der Waals surface area (Å²) >= 11 is 1.36. The highest BCUT2D eigenvalue weighted by Gasteiger charge is 2.27. The van der Waals surface area contributed by atoms with Gasteiger partial charge in [0, 0.05) is 32.4 Å². The van der Waals surface area contributed by atoms with Gasteiger partial charge in [-0.1, -0.05) is 19.9 Å². The maximum atomic E-state index is 12.7. The summed E-state index contributed by atoms with van der Waals surface area (Å²) in [6.07, 6.45) is 3.61. The second-order valence-electron chi connectivity index (χ2n) is 5.89. The normalized spacial score (nSPS) is 12.2. The number of thiophene rings is 1. The third-order valence-corrected chi connectivity index (χ3v) is 4.39. The molecule has 2 rings (SSSR count). The molecule has 23 heavy (non-hydrogen) atoms. The van der Waals surface area contributed by atoms with Crippen LogP contribution in [0.2, 0.25) is 0 Å². The summed E-state index contributed by atoms with van der Waals surface area (Å²) in [4.78, 5) is 27.1. The number of hydrogen-bond acceptors (Lipinski definition) is 4. The van der Waals surface area contributed by atoms with Gasteiger partial charge in [-0.25, -0.2) is 0 Å². The van der Waals surface area contributed by atoms with Crippen LogP contribution in [-0.2, 0) is 18.4 Å². The van der Waals surface area contributed by atoms with Crippen LogP contribution in [0, 0.1) is 5.92 Å². The summed E-state index contributed by atoms with van der Waals surface area (Å²) in [5.74, 6) is -0.307. The summed E-state index contributed by atoms with van der Waals surface area (Å²) in [5, 5.41) is 8.79. The number of rotatable bonds is 6. The second kappa shape index (κ2) is 7.41. The molecule has 1 unspecified atom stereocenters. The zero-order valence-corrected chi connectivity index (χ0v) is 14.6. The van der Waals surface area contributed by atoms with Gasteiger partial charge in [-0.05, 0) is 17.4 Å². The molecule has 0 aliphatic carbocycles. The Morgan fingerprint density at radius 3 is 2.70 bits per heavy atom. The van der Waals surface area contributed by atoms with Gasteiger partial charge in [0.05, 0.1) is 11.1 Å². The fraction of sp³-hybridized carbons (Fsp3) is 0.438. The Labute approximate surface area is 140 Å². The topological polar surface area (TPSA) is 67.2 Å². The lowest BCUT2D eigenvalue weighted by molar-refractivity contribution is -0.133. The van der Waals surface area contributed by atoms with E-state index < -0.39 is 6.04 Å². The van der Waals surface area contributed by atoms with Gasteiger partial charge in [-0.3, -0.25) is 14.3 Å². The minimum atomic E-state index is -0.550. The van der Waals surface area contributed by atoms with Crippen LogP contribution in [0.15, 0.2) is 29.9 Å². The Balaban J connectivity index is 2.04. The van der Waals surface area contributed by atoms with E-state index in [4.69, 9.17) is 0 Å². The smallest absolute Gasteiger partial charge is 0.262 e. The van der Waals surface area contributed by atoms with E-state index >= 15 is 0 Å². The monoisotopic (exact) mass is 334 g/mol. The number of likely N-dealkylation sites (N-methyl/N-ethyl adjacent to an activating group) is 1. The van der Waals surface area contributed by atoms with Gasteiger partial charge < -0.3 is 10.2 Å². The average molecular weight is 334 g/mol. The van der Waals surface area contributed by atoms with E-state index in [2.05, 4.69) is 10.4 Å². The number of hydrogen-bond donors (Lipinski definition) is 1. The first-order valence-electron chi connectivity index (χ1n) is 7.45. The number of amides is 2. The first kappa shape index (κ1) is 17.2. The minimum absolute atomic E-state index is 0.00256. The highest BCUT2D eigenvalue weighted by atomic mass is 32.1. The molecule has 2 amide bonds. The van der Waals surface area contributed by atoms with Crippen molar-refractivity contribution >= 4 is 23.2 Å². The fourth-order valence-corrected chi connectivity index (χ4v) is 2.90. The summed E-state index contributed by atoms with van der Waals surface area (Å²) in [5.41, 5.74) is 0.954. The van der Waals surface area contributed by atoms with Crippen LogP contribution in [0.4, 0.5) is 0 Å². The van der Waals surface area contributed by atoms with Gasteiger partial charge >= 0.3 is 0 Å². The molecule has 0 bridgehead atoms. The van der Waals surface area contributed by atoms with Gasteiger partial charge in [-0.2, -0.15) is 5.10 Å². The van der Waals surface area contributed by atoms with Crippen molar-refractivity contribution in [3.63, 3.8) is 0 Å². The Hall–Kier alpha value is -2.15. The van der Waals surface area contributed by atoms with Crippen molar-refractivity contribution in [3.05, 3.63) is 40.3 Å². The first-order valence-corrected chi connectivity index (χ1v) is 8.33. The van der Waals surface area contributed by atoms with Crippen LogP contribution in [0.1, 0.15) is 29.1 Å². The number of aryl methyl sites for hydroxylation is 1. The van der Waals surface area contributed by atoms with E-state index in [1.165, 1.54) is 11.3 Å². The third-order valence-electron chi connectivity index (χ3n) is 3.52. The van der Waals surface area contributed by atoms with Crippen molar-refractivity contribution in [1.82, 2.24) is 20.0 Å². The van der Waals surface area contributed by atoms with Crippen LogP contribution in [0.5, 0.6) is 0 Å². The Bertz CT molecular complexity index is 663. The number of carbonyl (C=O) groups excluding carboxylic acids is 2. The molecule has 7 heteroatoms. The summed E-state index contributed by atoms with van der Waals surface area (Å²) in [6, 6.07) is 3.02. The van der Waals surface area contributed by atoms with E-state index in [0.717, 1.165) is 5.56 Å². The van der Waals surface area contributed by atoms with Gasteiger partial charge in [0.1, 0.15) is 6.04 Å². The van der Waals surface area contributed by atoms with Crippen molar-refractivity contribution in [1.29, 1.82) is 0 Å². The molecular weight excluding hydrogens is 312 g/mol. The molecule has 0 spiro atoms. The van der Waals surface area contributed by atoms with Gasteiger partial charge in [0.2, 0.25) is 5.91 Å². The highest BCUT2D eigenvalue weighted by molar-refractivity contribution is 7.12. The maximum Gasteiger partial charge on any atom is 0.262 e. The van der Waals surface area contributed by atoms with Crippen molar-refractivity contribution in [2.24, 2.45) is 13.0 Å². The maximum absolute atomic E-state index is 12.7. The van der Waals surface area contributed by atoms with Crippen LogP contribution in [-0.4, -0.2) is 39.6 Å². The average Bonchev–Trinajstić information content (AvgIpc) is 3.15. The molecule has 1 N–H and O–H groups in total. The van der Waals surface area contributed by atoms with Crippen molar-refractivity contribution in [2.45, 2.75) is 26.4 Å². The first-order chi connectivity index (χ1) is 10.9. The molecule has 0 aliphatic heterocycles. The van der Waals surface area contributed by atoms with Crippen LogP contribution < -0.4 is 5.32 Å². The standard InChI is InChI=1S/C16H22N4O2S/c1-11(2)14(18-15(21)13-6-5-7-23-13)16(22)19(3)9-12-8-17-20(4)10-12/h5-8,10-11,14H,9H2,1-4H3,(H,18,21). The van der Waals surface area contributed by atoms with Crippen molar-refractivity contribution in [3.8, 4) is 0 Å². The van der Waals surface area contributed by atoms with E-state index in [0.29, 0.717) is 11.4 Å². The molecule has 2 heterocycles. The number of carbonyl (C=O) groups is 2. The van der Waals surface area contributed by atoms with E-state index in [1.807, 2.05) is 38.5 Å². The fourth-order valence-electron chi connectivity index (χ4n) is 2.28. The molecule has 6 nitrogen and oxygen atoms in total. The molecule has 1 atom stereocenters. The SMILES string of the molecule is CC(C)C(NC(=O)c1cccs1)C(=O)N(C)Cc1cnn(C)c1. The van der Waals surface area contributed by atoms with E-state index in [-0.39, 0.29) is 17.7 Å². The van der Waals surface area contributed by atoms with Crippen LogP contribution in [0.25, 0.3) is 0 Å². The van der Waals surface area contributed by atoms with Gasteiger partial charge in [0.15, 0.2) is 0 Å². The van der Waals surface area contributed by atoms with Gasteiger partial charge in [-0.15, -0.1) is 11.3 Å². The highest BCUT2D eigenvalue weighted by Crippen LogP contribution is 2.12. The molecule has 0 fully saturated rings. The zero-order valence-electron chi connectivity index (χ0n) is 13.8. The molecule has 0 saturated heterocycles. The lowest BCUT2D eigenvalue weighted by Gasteiger charge is -2.26. The predicted molar refractivity (Wildman–Crippen MR) is 90.1 cm³/mol. The molecule has 2 aromatic rings. The van der Waals surface area contributed by atoms with Crippen molar-refractivity contribution < 1.29 is 9.59 Å². The lowest BCUT2D eigenvalue weighted by atomic mass is 10.0. The van der Waals surface area contributed by atoms with Crippen LogP contribution in [0.3, 0.4) is 0 Å². The zero-order chi connectivity index (χ0) is 17.0. The molecule has 124 valence electrons. The van der Waals surface area contributed by atoms with Crippen LogP contribution >= 0.6 is 11.3 Å². The molecule has 2 aromatic heterocycles. The second-order valence-corrected chi connectivity index (χ2v) is 6.84. The molecule has 0 radical (unpaired) electrons. The number of nitrogens with zero attached hydrogens (tertiary/aromatic N) is 3. The quantitative estimate of drug-likeness (QED) is 0.877. The largest absolute Gasteiger partial charge is 0.340 e. The summed E-state index contributed by atoms with van der Waals surface area (Å²) in [6.45, 7) is 4.31. The third kappa shape index (κ3) is 4.41. The summed E-state index contributed by atoms with van der Waals surface area (Å²) in [7, 11) is 3.57. The summed E-state index contributed by atoms with van der Waals surface area (Å²) < 4.78 is 1.70. The Morgan fingerprint density at radius 2 is 2.17 bits per heavy atom. The molecule has 0 aliphatic rings. The minimum Gasteiger partial charge on any atom is -0.340 e. The van der Waals surface area contributed by atoms with Crippen molar-refractivity contribution in [2.75, 3.05) is 7.05 Å². The molecular formula is C16H22N4O2S. The lowest BCUT2D eigenvalue weighted by Crippen LogP contribution is -2.49.